The van der Waals surface area contributed by atoms with Crippen LogP contribution in [0.3, 0.4) is 0 Å². The Morgan fingerprint density at radius 2 is 1.95 bits per heavy atom. The van der Waals surface area contributed by atoms with Crippen LogP contribution in [0.4, 0.5) is 0 Å². The minimum absolute atomic E-state index is 0.538. The molecule has 0 aliphatic rings. The van der Waals surface area contributed by atoms with Crippen LogP contribution in [-0.2, 0) is 4.74 Å². The number of rotatable bonds is 5. The number of nitrogens with zero attached hydrogens (tertiary/aromatic N) is 1. The van der Waals surface area contributed by atoms with Gasteiger partial charge in [-0.15, -0.1) is 0 Å². The van der Waals surface area contributed by atoms with Crippen molar-refractivity contribution < 1.29 is 9.47 Å². The van der Waals surface area contributed by atoms with Crippen molar-refractivity contribution in [2.75, 3.05) is 20.3 Å². The fourth-order valence-electron chi connectivity index (χ4n) is 1.80. The summed E-state index contributed by atoms with van der Waals surface area (Å²) >= 11 is 0. The molecule has 0 spiro atoms. The van der Waals surface area contributed by atoms with Crippen molar-refractivity contribution in [2.45, 2.75) is 6.92 Å². The molecule has 0 aliphatic carbocycles. The normalized spacial score (nSPS) is 10.2. The van der Waals surface area contributed by atoms with E-state index in [1.165, 1.54) is 0 Å². The predicted molar refractivity (Wildman–Crippen MR) is 73.1 cm³/mol. The zero-order chi connectivity index (χ0) is 13.7. The number of benzene rings is 1. The van der Waals surface area contributed by atoms with Gasteiger partial charge in [-0.05, 0) is 42.8 Å². The summed E-state index contributed by atoms with van der Waals surface area (Å²) in [4.78, 5) is 3.20. The van der Waals surface area contributed by atoms with Gasteiger partial charge in [-0.3, -0.25) is 0 Å². The first-order valence-corrected chi connectivity index (χ1v) is 6.06. The Balaban J connectivity index is 2.11. The molecule has 0 atom stereocenters. The summed E-state index contributed by atoms with van der Waals surface area (Å²) in [6.07, 6.45) is 0. The van der Waals surface area contributed by atoms with Crippen LogP contribution in [0.25, 0.3) is 11.3 Å². The zero-order valence-corrected chi connectivity index (χ0v) is 11.1. The minimum Gasteiger partial charge on any atom is -0.491 e. The van der Waals surface area contributed by atoms with E-state index in [1.807, 2.05) is 37.3 Å². The van der Waals surface area contributed by atoms with E-state index >= 15 is 0 Å². The maximum absolute atomic E-state index is 8.94. The highest BCUT2D eigenvalue weighted by atomic mass is 16.5. The lowest BCUT2D eigenvalue weighted by Gasteiger charge is -2.06. The van der Waals surface area contributed by atoms with Gasteiger partial charge in [-0.25, -0.2) is 0 Å². The third kappa shape index (κ3) is 3.15. The molecule has 0 saturated carbocycles. The molecule has 98 valence electrons. The molecule has 4 heteroatoms. The Labute approximate surface area is 112 Å². The van der Waals surface area contributed by atoms with Crippen LogP contribution in [0.5, 0.6) is 5.75 Å². The topological polar surface area (TPSA) is 58.0 Å². The molecule has 1 aromatic carbocycles. The number of H-pyrrole nitrogens is 1. The van der Waals surface area contributed by atoms with Crippen molar-refractivity contribution in [3.05, 3.63) is 41.6 Å². The summed E-state index contributed by atoms with van der Waals surface area (Å²) in [5.41, 5.74) is 3.54. The lowest BCUT2D eigenvalue weighted by atomic mass is 10.1. The van der Waals surface area contributed by atoms with Crippen molar-refractivity contribution in [3.63, 3.8) is 0 Å². The Kier molecular flexibility index (Phi) is 4.22. The van der Waals surface area contributed by atoms with E-state index in [-0.39, 0.29) is 0 Å². The Morgan fingerprint density at radius 1 is 1.21 bits per heavy atom. The monoisotopic (exact) mass is 256 g/mol. The fraction of sp³-hybridized carbons (Fsp3) is 0.267. The average molecular weight is 256 g/mol. The number of ether oxygens (including phenoxy) is 2. The second-order valence-electron chi connectivity index (χ2n) is 4.20. The van der Waals surface area contributed by atoms with E-state index in [9.17, 15) is 0 Å². The molecule has 2 aromatic rings. The average Bonchev–Trinajstić information content (AvgIpc) is 2.81. The van der Waals surface area contributed by atoms with Gasteiger partial charge in [0.2, 0.25) is 0 Å². The summed E-state index contributed by atoms with van der Waals surface area (Å²) in [6, 6.07) is 11.8. The van der Waals surface area contributed by atoms with Gasteiger partial charge in [0.05, 0.1) is 12.2 Å². The molecule has 19 heavy (non-hydrogen) atoms. The maximum atomic E-state index is 8.94. The van der Waals surface area contributed by atoms with Crippen LogP contribution in [0.2, 0.25) is 0 Å². The molecule has 0 saturated heterocycles. The number of aromatic amines is 1. The summed E-state index contributed by atoms with van der Waals surface area (Å²) in [5.74, 6) is 0.810. The molecule has 0 unspecified atom stereocenters. The molecule has 0 bridgehead atoms. The van der Waals surface area contributed by atoms with Gasteiger partial charge in [0.25, 0.3) is 0 Å². The van der Waals surface area contributed by atoms with Crippen LogP contribution in [0, 0.1) is 18.3 Å². The maximum Gasteiger partial charge on any atom is 0.119 e. The molecule has 0 radical (unpaired) electrons. The Bertz CT molecular complexity index is 579. The highest BCUT2D eigenvalue weighted by molar-refractivity contribution is 5.63. The third-order valence-electron chi connectivity index (χ3n) is 2.86. The lowest BCUT2D eigenvalue weighted by Crippen LogP contribution is -2.03. The van der Waals surface area contributed by atoms with Gasteiger partial charge in [-0.1, -0.05) is 0 Å². The number of methoxy groups -OCH3 is 1. The van der Waals surface area contributed by atoms with Crippen molar-refractivity contribution in [2.24, 2.45) is 0 Å². The number of aryl methyl sites for hydroxylation is 1. The van der Waals surface area contributed by atoms with E-state index in [0.29, 0.717) is 18.8 Å². The summed E-state index contributed by atoms with van der Waals surface area (Å²) in [7, 11) is 1.65. The van der Waals surface area contributed by atoms with Gasteiger partial charge in [0.1, 0.15) is 18.4 Å². The molecule has 0 aliphatic heterocycles. The summed E-state index contributed by atoms with van der Waals surface area (Å²) in [5, 5.41) is 8.94. The molecule has 4 nitrogen and oxygen atoms in total. The van der Waals surface area contributed by atoms with Crippen LogP contribution < -0.4 is 4.74 Å². The van der Waals surface area contributed by atoms with E-state index in [1.54, 1.807) is 7.11 Å². The van der Waals surface area contributed by atoms with E-state index in [0.717, 1.165) is 22.7 Å². The highest BCUT2D eigenvalue weighted by Crippen LogP contribution is 2.23. The third-order valence-corrected chi connectivity index (χ3v) is 2.86. The predicted octanol–water partition coefficient (Wildman–Crippen LogP) is 2.89. The van der Waals surface area contributed by atoms with Crippen LogP contribution in [0.1, 0.15) is 11.3 Å². The number of nitriles is 1. The van der Waals surface area contributed by atoms with E-state index in [2.05, 4.69) is 11.1 Å². The molecule has 1 N–H and O–H groups in total. The first kappa shape index (κ1) is 13.2. The van der Waals surface area contributed by atoms with Crippen LogP contribution >= 0.6 is 0 Å². The van der Waals surface area contributed by atoms with Gasteiger partial charge >= 0.3 is 0 Å². The Hall–Kier alpha value is -2.25. The van der Waals surface area contributed by atoms with Crippen molar-refractivity contribution in [1.29, 1.82) is 5.26 Å². The summed E-state index contributed by atoms with van der Waals surface area (Å²) in [6.45, 7) is 3.00. The molecule has 0 amide bonds. The van der Waals surface area contributed by atoms with Gasteiger partial charge < -0.3 is 14.5 Å². The second kappa shape index (κ2) is 6.07. The molecule has 0 fully saturated rings. The first-order valence-electron chi connectivity index (χ1n) is 6.06. The van der Waals surface area contributed by atoms with Crippen molar-refractivity contribution in [1.82, 2.24) is 4.98 Å². The molecular weight excluding hydrogens is 240 g/mol. The quantitative estimate of drug-likeness (QED) is 0.837. The Morgan fingerprint density at radius 3 is 2.53 bits per heavy atom. The lowest BCUT2D eigenvalue weighted by molar-refractivity contribution is 0.146. The summed E-state index contributed by atoms with van der Waals surface area (Å²) < 4.78 is 10.4. The molecule has 1 aromatic heterocycles. The van der Waals surface area contributed by atoms with Crippen molar-refractivity contribution >= 4 is 0 Å². The van der Waals surface area contributed by atoms with Crippen molar-refractivity contribution in [3.8, 4) is 23.1 Å². The number of hydrogen-bond acceptors (Lipinski definition) is 3. The standard InChI is InChI=1S/C15H16N2O2/c1-11-13(10-16)9-15(17-11)12-3-5-14(6-4-12)19-8-7-18-2/h3-6,9,17H,7-8H2,1-2H3. The fourth-order valence-corrected chi connectivity index (χ4v) is 1.80. The molecule has 1 heterocycles. The van der Waals surface area contributed by atoms with Gasteiger partial charge in [0.15, 0.2) is 0 Å². The van der Waals surface area contributed by atoms with Gasteiger partial charge in [-0.2, -0.15) is 5.26 Å². The molecular formula is C15H16N2O2. The number of nitrogens with one attached hydrogen (secondary N) is 1. The SMILES string of the molecule is COCCOc1ccc(-c2cc(C#N)c(C)[nH]2)cc1. The largest absolute Gasteiger partial charge is 0.491 e. The van der Waals surface area contributed by atoms with Crippen LogP contribution in [-0.4, -0.2) is 25.3 Å². The minimum atomic E-state index is 0.538. The highest BCUT2D eigenvalue weighted by Gasteiger charge is 2.05. The van der Waals surface area contributed by atoms with E-state index < -0.39 is 0 Å². The van der Waals surface area contributed by atoms with Gasteiger partial charge in [0, 0.05) is 18.5 Å². The van der Waals surface area contributed by atoms with E-state index in [4.69, 9.17) is 14.7 Å². The second-order valence-corrected chi connectivity index (χ2v) is 4.20. The number of aromatic nitrogens is 1. The van der Waals surface area contributed by atoms with Crippen LogP contribution in [0.15, 0.2) is 30.3 Å². The first-order chi connectivity index (χ1) is 9.24. The number of hydrogen-bond donors (Lipinski definition) is 1. The molecule has 2 rings (SSSR count). The zero-order valence-electron chi connectivity index (χ0n) is 11.1. The smallest absolute Gasteiger partial charge is 0.119 e.